The zero-order chi connectivity index (χ0) is 35.2. The number of hydrogen-bond acceptors (Lipinski definition) is 0. The summed E-state index contributed by atoms with van der Waals surface area (Å²) in [6.07, 6.45) is 0. The molecule has 49 heavy (non-hydrogen) atoms. The fourth-order valence-corrected chi connectivity index (χ4v) is 6.12. The molecule has 0 radical (unpaired) electrons. The van der Waals surface area contributed by atoms with Crippen LogP contribution >= 0.6 is 0 Å². The van der Waals surface area contributed by atoms with Gasteiger partial charge in [0.25, 0.3) is 0 Å². The standard InChI is InChI=1S/C16H16.C13H12.C11H10.C7H8.C2H6/c1-11-8-9-13-12-6-4-5-7-14(12)16(2,3)15(13)10-11;1-11-7-9-13(10-8-11)12-5-3-2-4-6-12;1-9-5-4-7-10-6-2-3-8-11(9)10;1-7-5-3-2-4-6-7;1-2/h4-10H,1-3H3;2-10H,1H3;2-8H,1H3;2-6H,1H3;1-2H3. The van der Waals surface area contributed by atoms with Crippen LogP contribution in [0.25, 0.3) is 33.0 Å². The molecule has 0 bridgehead atoms. The van der Waals surface area contributed by atoms with Gasteiger partial charge in [0.1, 0.15) is 0 Å². The van der Waals surface area contributed by atoms with E-state index < -0.39 is 0 Å². The highest BCUT2D eigenvalue weighted by Crippen LogP contribution is 2.48. The summed E-state index contributed by atoms with van der Waals surface area (Å²) in [6, 6.07) is 59.7. The van der Waals surface area contributed by atoms with E-state index in [1.807, 2.05) is 38.1 Å². The Bertz CT molecular complexity index is 2010. The molecule has 0 spiro atoms. The summed E-state index contributed by atoms with van der Waals surface area (Å²) in [4.78, 5) is 0. The molecule has 0 amide bonds. The van der Waals surface area contributed by atoms with Crippen LogP contribution in [0.4, 0.5) is 0 Å². The Morgan fingerprint density at radius 1 is 0.367 bits per heavy atom. The maximum Gasteiger partial charge on any atom is 0.0158 e. The average molecular weight is 641 g/mol. The van der Waals surface area contributed by atoms with Crippen molar-refractivity contribution in [1.82, 2.24) is 0 Å². The van der Waals surface area contributed by atoms with Gasteiger partial charge in [-0.05, 0) is 77.4 Å². The lowest BCUT2D eigenvalue weighted by Crippen LogP contribution is -2.14. The van der Waals surface area contributed by atoms with Gasteiger partial charge in [0.05, 0.1) is 0 Å². The van der Waals surface area contributed by atoms with Crippen molar-refractivity contribution >= 4 is 10.8 Å². The maximum atomic E-state index is 2.33. The molecule has 0 nitrogen and oxygen atoms in total. The van der Waals surface area contributed by atoms with E-state index in [0.717, 1.165) is 0 Å². The van der Waals surface area contributed by atoms with Gasteiger partial charge in [0.15, 0.2) is 0 Å². The normalized spacial score (nSPS) is 11.4. The molecule has 0 fully saturated rings. The molecule has 0 heterocycles. The quantitative estimate of drug-likeness (QED) is 0.167. The van der Waals surface area contributed by atoms with E-state index in [4.69, 9.17) is 0 Å². The summed E-state index contributed by atoms with van der Waals surface area (Å²) in [7, 11) is 0. The molecule has 7 aromatic carbocycles. The first-order chi connectivity index (χ1) is 23.7. The first-order valence-corrected chi connectivity index (χ1v) is 17.5. The molecule has 1 aliphatic rings. The summed E-state index contributed by atoms with van der Waals surface area (Å²) in [5.41, 5.74) is 13.8. The molecule has 0 N–H and O–H groups in total. The van der Waals surface area contributed by atoms with Crippen molar-refractivity contribution in [3.05, 3.63) is 203 Å². The summed E-state index contributed by atoms with van der Waals surface area (Å²) >= 11 is 0. The van der Waals surface area contributed by atoms with Crippen LogP contribution in [-0.2, 0) is 5.41 Å². The minimum absolute atomic E-state index is 0.151. The summed E-state index contributed by atoms with van der Waals surface area (Å²) in [5.74, 6) is 0. The van der Waals surface area contributed by atoms with E-state index in [1.165, 1.54) is 66.4 Å². The molecule has 0 unspecified atom stereocenters. The second-order valence-electron chi connectivity index (χ2n) is 12.9. The van der Waals surface area contributed by atoms with E-state index >= 15 is 0 Å². The van der Waals surface area contributed by atoms with Gasteiger partial charge in [-0.15, -0.1) is 0 Å². The van der Waals surface area contributed by atoms with Gasteiger partial charge >= 0.3 is 0 Å². The van der Waals surface area contributed by atoms with Crippen LogP contribution in [0, 0.1) is 27.7 Å². The fraction of sp³-hybridized carbons (Fsp3) is 0.184. The average Bonchev–Trinajstić information content (AvgIpc) is 3.37. The van der Waals surface area contributed by atoms with Crippen molar-refractivity contribution in [1.29, 1.82) is 0 Å². The molecular weight excluding hydrogens is 589 g/mol. The monoisotopic (exact) mass is 640 g/mol. The van der Waals surface area contributed by atoms with E-state index in [9.17, 15) is 0 Å². The van der Waals surface area contributed by atoms with Crippen molar-refractivity contribution < 1.29 is 0 Å². The Balaban J connectivity index is 0.000000150. The predicted molar refractivity (Wildman–Crippen MR) is 217 cm³/mol. The summed E-state index contributed by atoms with van der Waals surface area (Å²) in [5, 5.41) is 2.68. The van der Waals surface area contributed by atoms with Crippen LogP contribution < -0.4 is 0 Å². The molecule has 248 valence electrons. The molecule has 0 aromatic heterocycles. The highest BCUT2D eigenvalue weighted by atomic mass is 14.4. The molecule has 0 atom stereocenters. The van der Waals surface area contributed by atoms with Gasteiger partial charge in [-0.2, -0.15) is 0 Å². The van der Waals surface area contributed by atoms with Crippen molar-refractivity contribution in [3.8, 4) is 22.3 Å². The van der Waals surface area contributed by atoms with Crippen molar-refractivity contribution in [2.75, 3.05) is 0 Å². The Morgan fingerprint density at radius 3 is 1.49 bits per heavy atom. The molecule has 8 rings (SSSR count). The molecule has 1 aliphatic carbocycles. The Labute approximate surface area is 296 Å². The van der Waals surface area contributed by atoms with E-state index in [-0.39, 0.29) is 5.41 Å². The van der Waals surface area contributed by atoms with E-state index in [2.05, 4.69) is 187 Å². The van der Waals surface area contributed by atoms with Gasteiger partial charge < -0.3 is 0 Å². The smallest absolute Gasteiger partial charge is 0.0158 e. The van der Waals surface area contributed by atoms with Crippen LogP contribution in [0.5, 0.6) is 0 Å². The van der Waals surface area contributed by atoms with Gasteiger partial charge in [0.2, 0.25) is 0 Å². The Morgan fingerprint density at radius 2 is 0.857 bits per heavy atom. The number of aryl methyl sites for hydroxylation is 4. The minimum Gasteiger partial charge on any atom is -0.0683 e. The molecule has 0 saturated heterocycles. The second-order valence-corrected chi connectivity index (χ2v) is 12.9. The Kier molecular flexibility index (Phi) is 13.3. The van der Waals surface area contributed by atoms with Gasteiger partial charge in [-0.1, -0.05) is 214 Å². The highest BCUT2D eigenvalue weighted by Gasteiger charge is 2.34. The summed E-state index contributed by atoms with van der Waals surface area (Å²) < 4.78 is 0. The minimum atomic E-state index is 0.151. The third-order valence-electron chi connectivity index (χ3n) is 8.85. The third kappa shape index (κ3) is 9.68. The topological polar surface area (TPSA) is 0 Å². The fourth-order valence-electron chi connectivity index (χ4n) is 6.12. The first kappa shape index (κ1) is 36.6. The highest BCUT2D eigenvalue weighted by molar-refractivity contribution is 5.85. The lowest BCUT2D eigenvalue weighted by atomic mass is 9.82. The molecule has 7 aromatic rings. The SMILES string of the molecule is CC.Cc1ccc(-c2ccccc2)cc1.Cc1ccc2c(c1)C(C)(C)c1ccccc1-2.Cc1cccc2ccccc12.Cc1ccccc1. The van der Waals surface area contributed by atoms with Crippen molar-refractivity contribution in [2.24, 2.45) is 0 Å². The number of hydrogen-bond donors (Lipinski definition) is 0. The van der Waals surface area contributed by atoms with Crippen LogP contribution in [0.15, 0.2) is 170 Å². The second kappa shape index (κ2) is 17.8. The lowest BCUT2D eigenvalue weighted by Gasteiger charge is -2.21. The number of benzene rings is 7. The van der Waals surface area contributed by atoms with Crippen LogP contribution in [0.3, 0.4) is 0 Å². The van der Waals surface area contributed by atoms with Gasteiger partial charge in [0, 0.05) is 5.41 Å². The molecule has 0 aliphatic heterocycles. The van der Waals surface area contributed by atoms with Crippen LogP contribution in [0.2, 0.25) is 0 Å². The Hall–Kier alpha value is -5.20. The first-order valence-electron chi connectivity index (χ1n) is 17.5. The van der Waals surface area contributed by atoms with Crippen LogP contribution in [0.1, 0.15) is 61.1 Å². The third-order valence-corrected chi connectivity index (χ3v) is 8.85. The number of fused-ring (bicyclic) bond motifs is 4. The van der Waals surface area contributed by atoms with Crippen molar-refractivity contribution in [2.45, 2.75) is 60.8 Å². The maximum absolute atomic E-state index is 2.33. The summed E-state index contributed by atoms with van der Waals surface area (Å²) in [6.45, 7) is 17.1. The van der Waals surface area contributed by atoms with Crippen LogP contribution in [-0.4, -0.2) is 0 Å². The van der Waals surface area contributed by atoms with Crippen molar-refractivity contribution in [3.63, 3.8) is 0 Å². The zero-order valence-electron chi connectivity index (χ0n) is 30.7. The molecular formula is C49H52. The lowest BCUT2D eigenvalue weighted by molar-refractivity contribution is 0.660. The largest absolute Gasteiger partial charge is 0.0683 e. The van der Waals surface area contributed by atoms with Gasteiger partial charge in [-0.3, -0.25) is 0 Å². The van der Waals surface area contributed by atoms with E-state index in [1.54, 1.807) is 0 Å². The van der Waals surface area contributed by atoms with E-state index in [0.29, 0.717) is 0 Å². The zero-order valence-corrected chi connectivity index (χ0v) is 30.7. The van der Waals surface area contributed by atoms with Gasteiger partial charge in [-0.25, -0.2) is 0 Å². The predicted octanol–water partition coefficient (Wildman–Crippen LogP) is 14.1. The molecule has 0 saturated carbocycles. The number of rotatable bonds is 1. The molecule has 0 heteroatoms.